The van der Waals surface area contributed by atoms with Gasteiger partial charge in [-0.05, 0) is 29.1 Å². The topological polar surface area (TPSA) is 48.9 Å². The van der Waals surface area contributed by atoms with Crippen LogP contribution in [0, 0.1) is 0 Å². The molecule has 1 aliphatic heterocycles. The van der Waals surface area contributed by atoms with Crippen LogP contribution in [0.4, 0.5) is 0 Å². The molecule has 0 spiro atoms. The van der Waals surface area contributed by atoms with Crippen LogP contribution in [0.3, 0.4) is 0 Å². The van der Waals surface area contributed by atoms with Crippen LogP contribution < -0.4 is 10.6 Å². The summed E-state index contributed by atoms with van der Waals surface area (Å²) in [6, 6.07) is 12.5. The molecule has 1 fully saturated rings. The van der Waals surface area contributed by atoms with E-state index in [0.717, 1.165) is 50.4 Å². The predicted octanol–water partition coefficient (Wildman–Crippen LogP) is 3.76. The number of nitrogens with zero attached hydrogens (tertiary/aromatic N) is 2. The van der Waals surface area contributed by atoms with Gasteiger partial charge in [0.2, 0.25) is 0 Å². The molecule has 0 radical (unpaired) electrons. The van der Waals surface area contributed by atoms with Gasteiger partial charge < -0.3 is 15.4 Å². The Hall–Kier alpha value is -0.870. The average Bonchev–Trinajstić information content (AvgIpc) is 3.19. The number of rotatable bonds is 6. The maximum atomic E-state index is 6.23. The number of morpholine rings is 1. The molecule has 1 unspecified atom stereocenters. The highest BCUT2D eigenvalue weighted by Crippen LogP contribution is 2.24. The molecule has 0 aliphatic carbocycles. The monoisotopic (exact) mass is 520 g/mol. The van der Waals surface area contributed by atoms with Crippen LogP contribution in [0.1, 0.15) is 16.5 Å². The van der Waals surface area contributed by atoms with Gasteiger partial charge in [-0.2, -0.15) is 0 Å². The van der Waals surface area contributed by atoms with Crippen LogP contribution in [0.2, 0.25) is 5.02 Å². The number of ether oxygens (including phenoxy) is 1. The fourth-order valence-electron chi connectivity index (χ4n) is 3.06. The smallest absolute Gasteiger partial charge is 0.191 e. The minimum atomic E-state index is 0. The number of aliphatic imine (C=N–C) groups is 1. The molecule has 8 heteroatoms. The van der Waals surface area contributed by atoms with Crippen molar-refractivity contribution in [2.45, 2.75) is 12.6 Å². The van der Waals surface area contributed by atoms with Crippen LogP contribution >= 0.6 is 46.9 Å². The molecule has 5 nitrogen and oxygen atoms in total. The molecule has 1 aromatic heterocycles. The summed E-state index contributed by atoms with van der Waals surface area (Å²) in [6.45, 7) is 4.90. The van der Waals surface area contributed by atoms with Crippen molar-refractivity contribution in [1.82, 2.24) is 15.5 Å². The lowest BCUT2D eigenvalue weighted by Gasteiger charge is -2.35. The van der Waals surface area contributed by atoms with E-state index in [0.29, 0.717) is 0 Å². The molecule has 27 heavy (non-hydrogen) atoms. The van der Waals surface area contributed by atoms with Crippen molar-refractivity contribution in [2.24, 2.45) is 4.99 Å². The minimum Gasteiger partial charge on any atom is -0.379 e. The second-order valence-corrected chi connectivity index (χ2v) is 7.57. The number of nitrogens with one attached hydrogen (secondary N) is 2. The first-order chi connectivity index (χ1) is 12.8. The lowest BCUT2D eigenvalue weighted by Crippen LogP contribution is -2.46. The molecule has 0 saturated carbocycles. The highest BCUT2D eigenvalue weighted by molar-refractivity contribution is 14.0. The molecule has 3 rings (SSSR count). The van der Waals surface area contributed by atoms with Crippen molar-refractivity contribution in [3.05, 3.63) is 57.2 Å². The van der Waals surface area contributed by atoms with E-state index < -0.39 is 0 Å². The zero-order valence-electron chi connectivity index (χ0n) is 15.4. The van der Waals surface area contributed by atoms with Crippen LogP contribution in [0.5, 0.6) is 0 Å². The van der Waals surface area contributed by atoms with Crippen LogP contribution in [-0.2, 0) is 11.3 Å². The summed E-state index contributed by atoms with van der Waals surface area (Å²) in [5, 5.41) is 9.69. The SMILES string of the molecule is CN=C(NCc1cccs1)NCC(c1cccc(Cl)c1)N1CCOCC1.I. The molecule has 1 saturated heterocycles. The molecule has 0 bridgehead atoms. The standard InChI is InChI=1S/C19H25ClN4OS.HI/c1-21-19(22-13-17-6-3-11-26-17)23-14-18(24-7-9-25-10-8-24)15-4-2-5-16(20)12-15;/h2-6,11-12,18H,7-10,13-14H2,1H3,(H2,21,22,23);1H. The van der Waals surface area contributed by atoms with E-state index in [1.54, 1.807) is 18.4 Å². The molecule has 2 heterocycles. The van der Waals surface area contributed by atoms with Gasteiger partial charge in [-0.15, -0.1) is 35.3 Å². The minimum absolute atomic E-state index is 0. The summed E-state index contributed by atoms with van der Waals surface area (Å²) in [5.41, 5.74) is 1.21. The van der Waals surface area contributed by atoms with Gasteiger partial charge in [0.05, 0.1) is 25.8 Å². The lowest BCUT2D eigenvalue weighted by molar-refractivity contribution is 0.0170. The first-order valence-corrected chi connectivity index (χ1v) is 10.1. The number of hydrogen-bond donors (Lipinski definition) is 2. The zero-order valence-corrected chi connectivity index (χ0v) is 19.3. The van der Waals surface area contributed by atoms with Crippen LogP contribution in [0.25, 0.3) is 0 Å². The van der Waals surface area contributed by atoms with Gasteiger partial charge in [0, 0.05) is 36.6 Å². The highest BCUT2D eigenvalue weighted by Gasteiger charge is 2.23. The Bertz CT molecular complexity index is 707. The van der Waals surface area contributed by atoms with Crippen molar-refractivity contribution in [3.63, 3.8) is 0 Å². The first-order valence-electron chi connectivity index (χ1n) is 8.80. The molecule has 1 aliphatic rings. The summed E-state index contributed by atoms with van der Waals surface area (Å²) >= 11 is 7.97. The molecule has 148 valence electrons. The van der Waals surface area contributed by atoms with Gasteiger partial charge >= 0.3 is 0 Å². The summed E-state index contributed by atoms with van der Waals surface area (Å²) in [7, 11) is 1.80. The Kier molecular flexibility index (Phi) is 9.84. The maximum absolute atomic E-state index is 6.23. The Morgan fingerprint density at radius 3 is 2.74 bits per heavy atom. The molecule has 0 amide bonds. The predicted molar refractivity (Wildman–Crippen MR) is 125 cm³/mol. The zero-order chi connectivity index (χ0) is 18.2. The molecule has 2 N–H and O–H groups in total. The van der Waals surface area contributed by atoms with E-state index in [1.165, 1.54) is 10.4 Å². The summed E-state index contributed by atoms with van der Waals surface area (Å²) < 4.78 is 5.51. The maximum Gasteiger partial charge on any atom is 0.191 e. The van der Waals surface area contributed by atoms with Crippen molar-refractivity contribution >= 4 is 52.9 Å². The van der Waals surface area contributed by atoms with Crippen LogP contribution in [-0.4, -0.2) is 50.8 Å². The van der Waals surface area contributed by atoms with Crippen molar-refractivity contribution in [1.29, 1.82) is 0 Å². The van der Waals surface area contributed by atoms with Gasteiger partial charge in [-0.3, -0.25) is 9.89 Å². The third kappa shape index (κ3) is 6.90. The Labute approximate surface area is 187 Å². The lowest BCUT2D eigenvalue weighted by atomic mass is 10.0. The van der Waals surface area contributed by atoms with E-state index in [-0.39, 0.29) is 30.0 Å². The Balaban J connectivity index is 0.00000261. The fourth-order valence-corrected chi connectivity index (χ4v) is 3.90. The summed E-state index contributed by atoms with van der Waals surface area (Å²) in [4.78, 5) is 8.07. The molecular formula is C19H26ClIN4OS. The molecule has 1 aromatic carbocycles. The third-order valence-corrected chi connectivity index (χ3v) is 5.53. The van der Waals surface area contributed by atoms with Crippen LogP contribution in [0.15, 0.2) is 46.8 Å². The summed E-state index contributed by atoms with van der Waals surface area (Å²) in [5.74, 6) is 0.804. The van der Waals surface area contributed by atoms with Crippen molar-refractivity contribution in [2.75, 3.05) is 39.9 Å². The highest BCUT2D eigenvalue weighted by atomic mass is 127. The van der Waals surface area contributed by atoms with E-state index in [1.807, 2.05) is 18.2 Å². The van der Waals surface area contributed by atoms with E-state index in [2.05, 4.69) is 44.1 Å². The number of thiophene rings is 1. The number of hydrogen-bond acceptors (Lipinski definition) is 4. The average molecular weight is 521 g/mol. The van der Waals surface area contributed by atoms with Gasteiger partial charge in [-0.25, -0.2) is 0 Å². The second-order valence-electron chi connectivity index (χ2n) is 6.11. The quantitative estimate of drug-likeness (QED) is 0.346. The van der Waals surface area contributed by atoms with Gasteiger partial charge in [0.25, 0.3) is 0 Å². The molecular weight excluding hydrogens is 495 g/mol. The van der Waals surface area contributed by atoms with Crippen molar-refractivity contribution < 1.29 is 4.74 Å². The number of benzene rings is 1. The van der Waals surface area contributed by atoms with Gasteiger partial charge in [-0.1, -0.05) is 29.8 Å². The number of guanidine groups is 1. The van der Waals surface area contributed by atoms with Gasteiger partial charge in [0.15, 0.2) is 5.96 Å². The first kappa shape index (κ1) is 22.4. The largest absolute Gasteiger partial charge is 0.379 e. The molecule has 2 aromatic rings. The van der Waals surface area contributed by atoms with E-state index in [9.17, 15) is 0 Å². The van der Waals surface area contributed by atoms with E-state index >= 15 is 0 Å². The fraction of sp³-hybridized carbons (Fsp3) is 0.421. The van der Waals surface area contributed by atoms with E-state index in [4.69, 9.17) is 16.3 Å². The normalized spacial score (nSPS) is 16.4. The third-order valence-electron chi connectivity index (χ3n) is 4.42. The van der Waals surface area contributed by atoms with Gasteiger partial charge in [0.1, 0.15) is 0 Å². The summed E-state index contributed by atoms with van der Waals surface area (Å²) in [6.07, 6.45) is 0. The van der Waals surface area contributed by atoms with Crippen molar-refractivity contribution in [3.8, 4) is 0 Å². The Morgan fingerprint density at radius 1 is 1.26 bits per heavy atom. The number of halogens is 2. The Morgan fingerprint density at radius 2 is 2.07 bits per heavy atom. The molecule has 1 atom stereocenters. The second kappa shape index (κ2) is 11.9.